The first-order valence-corrected chi connectivity index (χ1v) is 6.90. The van der Waals surface area contributed by atoms with E-state index in [1.165, 1.54) is 7.11 Å². The Hall–Kier alpha value is -2.43. The Kier molecular flexibility index (Phi) is 3.56. The topological polar surface area (TPSA) is 62.9 Å². The normalized spacial score (nSPS) is 14.0. The number of amides is 1. The summed E-state index contributed by atoms with van der Waals surface area (Å²) in [5.41, 5.74) is 0.257. The van der Waals surface area contributed by atoms with E-state index in [-0.39, 0.29) is 23.3 Å². The molecule has 0 spiro atoms. The summed E-state index contributed by atoms with van der Waals surface area (Å²) >= 11 is 0. The van der Waals surface area contributed by atoms with Gasteiger partial charge >= 0.3 is 0 Å². The molecule has 0 saturated heterocycles. The van der Waals surface area contributed by atoms with Gasteiger partial charge in [-0.05, 0) is 37.1 Å². The van der Waals surface area contributed by atoms with Crippen LogP contribution in [0.4, 0.5) is 0 Å². The second-order valence-corrected chi connectivity index (χ2v) is 5.10. The number of furan rings is 1. The van der Waals surface area contributed by atoms with E-state index in [1.54, 1.807) is 35.4 Å². The molecule has 5 heteroatoms. The first-order valence-electron chi connectivity index (χ1n) is 6.90. The molecule has 1 N–H and O–H groups in total. The number of methoxy groups -OCH3 is 1. The van der Waals surface area contributed by atoms with Crippen LogP contribution in [0.5, 0.6) is 11.5 Å². The fourth-order valence-corrected chi connectivity index (χ4v) is 2.34. The fourth-order valence-electron chi connectivity index (χ4n) is 2.34. The molecule has 110 valence electrons. The van der Waals surface area contributed by atoms with Crippen LogP contribution in [0.15, 0.2) is 41.0 Å². The van der Waals surface area contributed by atoms with Crippen molar-refractivity contribution < 1.29 is 19.1 Å². The number of carbonyl (C=O) groups excluding carboxylic acids is 1. The van der Waals surface area contributed by atoms with Gasteiger partial charge in [0.1, 0.15) is 5.76 Å². The van der Waals surface area contributed by atoms with Gasteiger partial charge in [-0.2, -0.15) is 0 Å². The zero-order chi connectivity index (χ0) is 14.8. The summed E-state index contributed by atoms with van der Waals surface area (Å²) in [4.78, 5) is 14.5. The van der Waals surface area contributed by atoms with Crippen molar-refractivity contribution in [2.75, 3.05) is 7.11 Å². The standard InChI is InChI=1S/C16H17NO4/c1-20-14-6-2-5-13(15(14)18)16(19)17(11-7-8-11)10-12-4-3-9-21-12/h2-6,9,11,18H,7-8,10H2,1H3. The van der Waals surface area contributed by atoms with E-state index < -0.39 is 0 Å². The predicted octanol–water partition coefficient (Wildman–Crippen LogP) is 2.80. The molecular formula is C16H17NO4. The molecule has 0 aliphatic heterocycles. The summed E-state index contributed by atoms with van der Waals surface area (Å²) in [6.45, 7) is 0.410. The minimum Gasteiger partial charge on any atom is -0.504 e. The van der Waals surface area contributed by atoms with Crippen LogP contribution in [-0.2, 0) is 6.54 Å². The lowest BCUT2D eigenvalue weighted by Gasteiger charge is -2.22. The van der Waals surface area contributed by atoms with Gasteiger partial charge in [-0.25, -0.2) is 0 Å². The fraction of sp³-hybridized carbons (Fsp3) is 0.312. The van der Waals surface area contributed by atoms with Gasteiger partial charge in [0.05, 0.1) is 25.5 Å². The van der Waals surface area contributed by atoms with E-state index in [0.717, 1.165) is 18.6 Å². The maximum absolute atomic E-state index is 12.7. The van der Waals surface area contributed by atoms with Crippen molar-refractivity contribution in [1.29, 1.82) is 0 Å². The number of carbonyl (C=O) groups is 1. The second-order valence-electron chi connectivity index (χ2n) is 5.10. The van der Waals surface area contributed by atoms with E-state index >= 15 is 0 Å². The molecule has 1 aromatic heterocycles. The Morgan fingerprint density at radius 2 is 2.19 bits per heavy atom. The van der Waals surface area contributed by atoms with Crippen molar-refractivity contribution in [3.63, 3.8) is 0 Å². The smallest absolute Gasteiger partial charge is 0.258 e. The lowest BCUT2D eigenvalue weighted by molar-refractivity contribution is 0.0714. The monoisotopic (exact) mass is 287 g/mol. The van der Waals surface area contributed by atoms with Crippen molar-refractivity contribution >= 4 is 5.91 Å². The average molecular weight is 287 g/mol. The summed E-state index contributed by atoms with van der Waals surface area (Å²) < 4.78 is 10.4. The lowest BCUT2D eigenvalue weighted by atomic mass is 10.1. The van der Waals surface area contributed by atoms with Gasteiger partial charge < -0.3 is 19.2 Å². The molecule has 3 rings (SSSR count). The summed E-state index contributed by atoms with van der Waals surface area (Å²) in [7, 11) is 1.46. The zero-order valence-electron chi connectivity index (χ0n) is 11.8. The van der Waals surface area contributed by atoms with Crippen LogP contribution in [0.25, 0.3) is 0 Å². The summed E-state index contributed by atoms with van der Waals surface area (Å²) in [5.74, 6) is 0.715. The molecule has 21 heavy (non-hydrogen) atoms. The highest BCUT2D eigenvalue weighted by Crippen LogP contribution is 2.34. The van der Waals surface area contributed by atoms with E-state index in [0.29, 0.717) is 12.3 Å². The third-order valence-electron chi connectivity index (χ3n) is 3.60. The van der Waals surface area contributed by atoms with Gasteiger partial charge in [0, 0.05) is 6.04 Å². The maximum Gasteiger partial charge on any atom is 0.258 e. The van der Waals surface area contributed by atoms with Crippen molar-refractivity contribution in [2.45, 2.75) is 25.4 Å². The number of para-hydroxylation sites is 1. The Bertz CT molecular complexity index is 632. The molecule has 1 aromatic carbocycles. The minimum absolute atomic E-state index is 0.116. The highest BCUT2D eigenvalue weighted by molar-refractivity contribution is 5.98. The van der Waals surface area contributed by atoms with Crippen LogP contribution in [0, 0.1) is 0 Å². The van der Waals surface area contributed by atoms with E-state index in [9.17, 15) is 9.90 Å². The Balaban J connectivity index is 1.87. The molecule has 1 heterocycles. The number of aromatic hydroxyl groups is 1. The summed E-state index contributed by atoms with van der Waals surface area (Å²) in [5, 5.41) is 10.1. The number of ether oxygens (including phenoxy) is 1. The quantitative estimate of drug-likeness (QED) is 0.918. The Morgan fingerprint density at radius 3 is 2.81 bits per heavy atom. The first kappa shape index (κ1) is 13.5. The largest absolute Gasteiger partial charge is 0.504 e. The maximum atomic E-state index is 12.7. The van der Waals surface area contributed by atoms with E-state index in [2.05, 4.69) is 0 Å². The van der Waals surface area contributed by atoms with Crippen LogP contribution in [0.2, 0.25) is 0 Å². The van der Waals surface area contributed by atoms with E-state index in [1.807, 2.05) is 6.07 Å². The van der Waals surface area contributed by atoms with Crippen molar-refractivity contribution in [1.82, 2.24) is 4.90 Å². The number of phenols is 1. The van der Waals surface area contributed by atoms with Crippen LogP contribution in [-0.4, -0.2) is 29.1 Å². The highest BCUT2D eigenvalue weighted by Gasteiger charge is 2.34. The van der Waals surface area contributed by atoms with Crippen LogP contribution >= 0.6 is 0 Å². The molecule has 0 atom stereocenters. The second kappa shape index (κ2) is 5.52. The number of nitrogens with zero attached hydrogens (tertiary/aromatic N) is 1. The van der Waals surface area contributed by atoms with Gasteiger partial charge in [-0.3, -0.25) is 4.79 Å². The van der Waals surface area contributed by atoms with Gasteiger partial charge in [-0.15, -0.1) is 0 Å². The minimum atomic E-state index is -0.203. The molecule has 0 radical (unpaired) electrons. The van der Waals surface area contributed by atoms with Gasteiger partial charge in [0.2, 0.25) is 0 Å². The Labute approximate surface area is 122 Å². The van der Waals surface area contributed by atoms with Gasteiger partial charge in [0.15, 0.2) is 11.5 Å². The van der Waals surface area contributed by atoms with Gasteiger partial charge in [0.25, 0.3) is 5.91 Å². The van der Waals surface area contributed by atoms with Crippen molar-refractivity contribution in [3.05, 3.63) is 47.9 Å². The number of benzene rings is 1. The van der Waals surface area contributed by atoms with Crippen LogP contribution in [0.1, 0.15) is 29.0 Å². The SMILES string of the molecule is COc1cccc(C(=O)N(Cc2ccco2)C2CC2)c1O. The van der Waals surface area contributed by atoms with Gasteiger partial charge in [-0.1, -0.05) is 6.07 Å². The molecule has 1 saturated carbocycles. The molecule has 0 bridgehead atoms. The molecule has 1 aliphatic rings. The Morgan fingerprint density at radius 1 is 1.38 bits per heavy atom. The molecule has 1 amide bonds. The molecule has 1 fully saturated rings. The number of hydrogen-bond donors (Lipinski definition) is 1. The van der Waals surface area contributed by atoms with Crippen molar-refractivity contribution in [3.8, 4) is 11.5 Å². The summed E-state index contributed by atoms with van der Waals surface area (Å²) in [6, 6.07) is 8.79. The number of hydrogen-bond acceptors (Lipinski definition) is 4. The molecule has 0 unspecified atom stereocenters. The molecular weight excluding hydrogens is 270 g/mol. The van der Waals surface area contributed by atoms with E-state index in [4.69, 9.17) is 9.15 Å². The highest BCUT2D eigenvalue weighted by atomic mass is 16.5. The summed E-state index contributed by atoms with van der Waals surface area (Å²) in [6.07, 6.45) is 3.56. The average Bonchev–Trinajstić information content (AvgIpc) is 3.21. The third kappa shape index (κ3) is 2.72. The lowest BCUT2D eigenvalue weighted by Crippen LogP contribution is -2.32. The molecule has 5 nitrogen and oxygen atoms in total. The van der Waals surface area contributed by atoms with Crippen molar-refractivity contribution in [2.24, 2.45) is 0 Å². The third-order valence-corrected chi connectivity index (χ3v) is 3.60. The zero-order valence-corrected chi connectivity index (χ0v) is 11.8. The van der Waals surface area contributed by atoms with Crippen LogP contribution < -0.4 is 4.74 Å². The first-order chi connectivity index (χ1) is 10.2. The van der Waals surface area contributed by atoms with Crippen LogP contribution in [0.3, 0.4) is 0 Å². The molecule has 1 aliphatic carbocycles. The molecule has 2 aromatic rings. The predicted molar refractivity (Wildman–Crippen MR) is 76.3 cm³/mol. The number of phenolic OH excluding ortho intramolecular Hbond substituents is 1. The number of rotatable bonds is 5.